The van der Waals surface area contributed by atoms with Crippen LogP contribution in [0.2, 0.25) is 0 Å². The van der Waals surface area contributed by atoms with E-state index in [2.05, 4.69) is 5.32 Å². The van der Waals surface area contributed by atoms with Gasteiger partial charge in [0.25, 0.3) is 5.91 Å². The maximum atomic E-state index is 12.2. The van der Waals surface area contributed by atoms with Gasteiger partial charge in [-0.3, -0.25) is 9.59 Å². The summed E-state index contributed by atoms with van der Waals surface area (Å²) < 4.78 is 5.70. The number of Topliss-reactive ketones (excluding diaryl/α,β-unsaturated/α-hetero) is 1. The van der Waals surface area contributed by atoms with Crippen molar-refractivity contribution in [3.63, 3.8) is 0 Å². The highest BCUT2D eigenvalue weighted by atomic mass is 32.1. The second-order valence-electron chi connectivity index (χ2n) is 5.11. The molecular formula is C19H15NO3S. The van der Waals surface area contributed by atoms with E-state index in [4.69, 9.17) is 4.74 Å². The minimum atomic E-state index is -0.232. The molecule has 0 atom stereocenters. The summed E-state index contributed by atoms with van der Waals surface area (Å²) in [6, 6.07) is 19.9. The Kier molecular flexibility index (Phi) is 4.72. The van der Waals surface area contributed by atoms with Crippen molar-refractivity contribution in [2.45, 2.75) is 6.92 Å². The van der Waals surface area contributed by atoms with E-state index in [1.165, 1.54) is 18.3 Å². The first kappa shape index (κ1) is 16.0. The van der Waals surface area contributed by atoms with Gasteiger partial charge in [0.1, 0.15) is 11.5 Å². The summed E-state index contributed by atoms with van der Waals surface area (Å²) >= 11 is 1.19. The van der Waals surface area contributed by atoms with Crippen molar-refractivity contribution in [2.24, 2.45) is 0 Å². The number of amides is 1. The third-order valence-electron chi connectivity index (χ3n) is 3.27. The van der Waals surface area contributed by atoms with E-state index < -0.39 is 0 Å². The molecule has 24 heavy (non-hydrogen) atoms. The van der Waals surface area contributed by atoms with Gasteiger partial charge in [0.2, 0.25) is 0 Å². The monoisotopic (exact) mass is 337 g/mol. The van der Waals surface area contributed by atoms with Gasteiger partial charge in [-0.15, -0.1) is 11.3 Å². The van der Waals surface area contributed by atoms with Gasteiger partial charge in [0.15, 0.2) is 5.78 Å². The van der Waals surface area contributed by atoms with Gasteiger partial charge in [0.05, 0.1) is 9.75 Å². The second-order valence-corrected chi connectivity index (χ2v) is 6.20. The third kappa shape index (κ3) is 3.88. The van der Waals surface area contributed by atoms with Crippen LogP contribution in [0.5, 0.6) is 11.5 Å². The maximum absolute atomic E-state index is 12.2. The molecule has 0 aliphatic heterocycles. The van der Waals surface area contributed by atoms with Gasteiger partial charge < -0.3 is 10.1 Å². The number of hydrogen-bond donors (Lipinski definition) is 1. The van der Waals surface area contributed by atoms with Gasteiger partial charge in [0, 0.05) is 5.69 Å². The SMILES string of the molecule is CC(=O)c1ccc(C(=O)Nc2ccc(Oc3ccccc3)cc2)s1. The fourth-order valence-corrected chi connectivity index (χ4v) is 2.87. The molecule has 3 aromatic rings. The number of anilines is 1. The van der Waals surface area contributed by atoms with Gasteiger partial charge in [-0.25, -0.2) is 0 Å². The summed E-state index contributed by atoms with van der Waals surface area (Å²) in [5.74, 6) is 1.17. The fourth-order valence-electron chi connectivity index (χ4n) is 2.07. The van der Waals surface area contributed by atoms with E-state index in [1.807, 2.05) is 30.3 Å². The highest BCUT2D eigenvalue weighted by Crippen LogP contribution is 2.23. The molecule has 0 fully saturated rings. The maximum Gasteiger partial charge on any atom is 0.265 e. The second kappa shape index (κ2) is 7.10. The normalized spacial score (nSPS) is 10.2. The Hall–Kier alpha value is -2.92. The van der Waals surface area contributed by atoms with E-state index in [0.29, 0.717) is 21.2 Å². The summed E-state index contributed by atoms with van der Waals surface area (Å²) in [5.41, 5.74) is 0.665. The minimum absolute atomic E-state index is 0.0403. The zero-order valence-electron chi connectivity index (χ0n) is 13.0. The molecule has 0 saturated carbocycles. The Morgan fingerprint density at radius 2 is 1.46 bits per heavy atom. The van der Waals surface area contributed by atoms with Crippen molar-refractivity contribution in [3.05, 3.63) is 76.5 Å². The highest BCUT2D eigenvalue weighted by molar-refractivity contribution is 7.16. The predicted molar refractivity (Wildman–Crippen MR) is 95.2 cm³/mol. The van der Waals surface area contributed by atoms with Crippen LogP contribution in [0.4, 0.5) is 5.69 Å². The van der Waals surface area contributed by atoms with Crippen molar-refractivity contribution in [3.8, 4) is 11.5 Å². The smallest absolute Gasteiger partial charge is 0.265 e. The van der Waals surface area contributed by atoms with Gasteiger partial charge in [-0.2, -0.15) is 0 Å². The Labute approximate surface area is 143 Å². The number of nitrogens with one attached hydrogen (secondary N) is 1. The summed E-state index contributed by atoms with van der Waals surface area (Å²) in [5, 5.41) is 2.81. The van der Waals surface area contributed by atoms with E-state index in [0.717, 1.165) is 5.75 Å². The average Bonchev–Trinajstić information content (AvgIpc) is 3.08. The van der Waals surface area contributed by atoms with Crippen LogP contribution in [0.1, 0.15) is 26.3 Å². The molecule has 0 saturated heterocycles. The van der Waals surface area contributed by atoms with Gasteiger partial charge in [-0.1, -0.05) is 18.2 Å². The number of thiophene rings is 1. The van der Waals surface area contributed by atoms with E-state index in [1.54, 1.807) is 36.4 Å². The molecule has 1 amide bonds. The van der Waals surface area contributed by atoms with Crippen molar-refractivity contribution >= 4 is 28.7 Å². The first-order chi connectivity index (χ1) is 11.6. The Morgan fingerprint density at radius 3 is 2.08 bits per heavy atom. The number of rotatable bonds is 5. The first-order valence-electron chi connectivity index (χ1n) is 7.37. The standard InChI is InChI=1S/C19H15NO3S/c1-13(21)17-11-12-18(24-17)19(22)20-14-7-9-16(10-8-14)23-15-5-3-2-4-6-15/h2-12H,1H3,(H,20,22). The molecule has 5 heteroatoms. The topological polar surface area (TPSA) is 55.4 Å². The molecule has 120 valence electrons. The van der Waals surface area contributed by atoms with Gasteiger partial charge >= 0.3 is 0 Å². The van der Waals surface area contributed by atoms with Gasteiger partial charge in [-0.05, 0) is 55.5 Å². The number of hydrogen-bond acceptors (Lipinski definition) is 4. The van der Waals surface area contributed by atoms with Crippen LogP contribution in [-0.4, -0.2) is 11.7 Å². The molecular weight excluding hydrogens is 322 g/mol. The number of benzene rings is 2. The fraction of sp³-hybridized carbons (Fsp3) is 0.0526. The Balaban J connectivity index is 1.65. The molecule has 3 rings (SSSR count). The van der Waals surface area contributed by atoms with Crippen molar-refractivity contribution in [2.75, 3.05) is 5.32 Å². The molecule has 0 spiro atoms. The predicted octanol–water partition coefficient (Wildman–Crippen LogP) is 5.00. The molecule has 2 aromatic carbocycles. The lowest BCUT2D eigenvalue weighted by molar-refractivity contribution is 0.101. The largest absolute Gasteiger partial charge is 0.457 e. The molecule has 1 N–H and O–H groups in total. The van der Waals surface area contributed by atoms with Crippen molar-refractivity contribution in [1.29, 1.82) is 0 Å². The number of para-hydroxylation sites is 1. The lowest BCUT2D eigenvalue weighted by Gasteiger charge is -2.07. The molecule has 0 radical (unpaired) electrons. The summed E-state index contributed by atoms with van der Waals surface area (Å²) in [6.45, 7) is 1.49. The molecule has 0 aliphatic carbocycles. The number of ketones is 1. The van der Waals surface area contributed by atoms with Crippen LogP contribution in [0.3, 0.4) is 0 Å². The summed E-state index contributed by atoms with van der Waals surface area (Å²) in [6.07, 6.45) is 0. The van der Waals surface area contributed by atoms with Crippen LogP contribution >= 0.6 is 11.3 Å². The van der Waals surface area contributed by atoms with Crippen molar-refractivity contribution < 1.29 is 14.3 Å². The van der Waals surface area contributed by atoms with E-state index >= 15 is 0 Å². The minimum Gasteiger partial charge on any atom is -0.457 e. The van der Waals surface area contributed by atoms with Crippen LogP contribution in [-0.2, 0) is 0 Å². The zero-order chi connectivity index (χ0) is 16.9. The van der Waals surface area contributed by atoms with Crippen LogP contribution in [0.25, 0.3) is 0 Å². The van der Waals surface area contributed by atoms with Crippen LogP contribution in [0, 0.1) is 0 Å². The molecule has 1 aromatic heterocycles. The average molecular weight is 337 g/mol. The van der Waals surface area contributed by atoms with Crippen LogP contribution in [0.15, 0.2) is 66.7 Å². The number of carbonyl (C=O) groups excluding carboxylic acids is 2. The summed E-state index contributed by atoms with van der Waals surface area (Å²) in [4.78, 5) is 24.6. The Bertz CT molecular complexity index is 854. The Morgan fingerprint density at radius 1 is 0.833 bits per heavy atom. The van der Waals surface area contributed by atoms with Crippen LogP contribution < -0.4 is 10.1 Å². The number of carbonyl (C=O) groups is 2. The quantitative estimate of drug-likeness (QED) is 0.667. The molecule has 0 unspecified atom stereocenters. The zero-order valence-corrected chi connectivity index (χ0v) is 13.8. The highest BCUT2D eigenvalue weighted by Gasteiger charge is 2.11. The number of ether oxygens (including phenoxy) is 1. The molecule has 1 heterocycles. The van der Waals surface area contributed by atoms with E-state index in [9.17, 15) is 9.59 Å². The van der Waals surface area contributed by atoms with Crippen molar-refractivity contribution in [1.82, 2.24) is 0 Å². The molecule has 0 aliphatic rings. The molecule has 0 bridgehead atoms. The summed E-state index contributed by atoms with van der Waals surface area (Å²) in [7, 11) is 0. The van der Waals surface area contributed by atoms with E-state index in [-0.39, 0.29) is 11.7 Å². The third-order valence-corrected chi connectivity index (χ3v) is 4.45. The lowest BCUT2D eigenvalue weighted by atomic mass is 10.3. The first-order valence-corrected chi connectivity index (χ1v) is 8.18. The lowest BCUT2D eigenvalue weighted by Crippen LogP contribution is -2.09. The molecule has 4 nitrogen and oxygen atoms in total.